The average molecular weight is 389 g/mol. The van der Waals surface area contributed by atoms with Crippen molar-refractivity contribution >= 4 is 14.0 Å². The number of nitrogens with one attached hydrogen (secondary N) is 1. The molecule has 27 heavy (non-hydrogen) atoms. The summed E-state index contributed by atoms with van der Waals surface area (Å²) in [6.45, 7) is 14.8. The van der Waals surface area contributed by atoms with Gasteiger partial charge in [-0.3, -0.25) is 10.1 Å². The molecule has 0 bridgehead atoms. The minimum Gasteiger partial charge on any atom is -0.380 e. The van der Waals surface area contributed by atoms with Crippen LogP contribution in [0.15, 0.2) is 43.0 Å². The van der Waals surface area contributed by atoms with Crippen molar-refractivity contribution in [2.45, 2.75) is 63.6 Å². The molecule has 1 amide bonds. The molecule has 1 fully saturated rings. The first-order valence-electron chi connectivity index (χ1n) is 10.1. The summed E-state index contributed by atoms with van der Waals surface area (Å²) >= 11 is 0. The van der Waals surface area contributed by atoms with Crippen molar-refractivity contribution in [2.75, 3.05) is 19.8 Å². The zero-order valence-corrected chi connectivity index (χ0v) is 18.5. The summed E-state index contributed by atoms with van der Waals surface area (Å²) in [5.41, 5.74) is 0.849. The summed E-state index contributed by atoms with van der Waals surface area (Å²) in [6, 6.07) is 12.5. The predicted molar refractivity (Wildman–Crippen MR) is 116 cm³/mol. The number of carbonyl (C=O) groups is 1. The predicted octanol–water partition coefficient (Wildman–Crippen LogP) is 4.07. The molecule has 0 aliphatic carbocycles. The van der Waals surface area contributed by atoms with Crippen molar-refractivity contribution in [2.24, 2.45) is 0 Å². The van der Waals surface area contributed by atoms with Crippen molar-refractivity contribution in [3.05, 3.63) is 48.6 Å². The van der Waals surface area contributed by atoms with E-state index in [2.05, 4.69) is 51.0 Å². The van der Waals surface area contributed by atoms with Gasteiger partial charge in [-0.15, -0.1) is 6.58 Å². The van der Waals surface area contributed by atoms with E-state index in [0.29, 0.717) is 13.2 Å². The van der Waals surface area contributed by atoms with E-state index in [9.17, 15) is 4.79 Å². The van der Waals surface area contributed by atoms with Crippen LogP contribution in [0.5, 0.6) is 0 Å². The van der Waals surface area contributed by atoms with Crippen molar-refractivity contribution in [1.29, 1.82) is 0 Å². The lowest BCUT2D eigenvalue weighted by atomic mass is 10.1. The van der Waals surface area contributed by atoms with Crippen molar-refractivity contribution in [1.82, 2.24) is 10.2 Å². The van der Waals surface area contributed by atoms with E-state index in [1.807, 2.05) is 29.2 Å². The molecule has 5 heteroatoms. The molecule has 0 spiro atoms. The first-order chi connectivity index (χ1) is 12.7. The Balaban J connectivity index is 1.75. The smallest absolute Gasteiger partial charge is 0.241 e. The van der Waals surface area contributed by atoms with Crippen LogP contribution in [0, 0.1) is 0 Å². The van der Waals surface area contributed by atoms with E-state index >= 15 is 0 Å². The van der Waals surface area contributed by atoms with Crippen molar-refractivity contribution in [3.63, 3.8) is 0 Å². The largest absolute Gasteiger partial charge is 0.380 e. The molecule has 1 heterocycles. The van der Waals surface area contributed by atoms with E-state index in [0.717, 1.165) is 25.5 Å². The highest BCUT2D eigenvalue weighted by Crippen LogP contribution is 2.23. The summed E-state index contributed by atoms with van der Waals surface area (Å²) < 4.78 is 5.84. The maximum atomic E-state index is 12.9. The van der Waals surface area contributed by atoms with Crippen LogP contribution in [0.25, 0.3) is 0 Å². The third kappa shape index (κ3) is 6.59. The van der Waals surface area contributed by atoms with Crippen LogP contribution >= 0.6 is 0 Å². The number of rotatable bonds is 11. The summed E-state index contributed by atoms with van der Waals surface area (Å²) in [5.74, 6) is 0.173. The second-order valence-electron chi connectivity index (χ2n) is 8.81. The number of amides is 1. The Kier molecular flexibility index (Phi) is 7.83. The highest BCUT2D eigenvalue weighted by atomic mass is 28.3. The molecular weight excluding hydrogens is 352 g/mol. The number of carbonyl (C=O) groups excluding carboxylic acids is 1. The molecular formula is C22H36N2O2Si. The number of nitrogens with zero attached hydrogens (tertiary/aromatic N) is 1. The molecule has 2 rings (SSSR count). The first kappa shape index (κ1) is 21.9. The minimum atomic E-state index is -1.14. The maximum Gasteiger partial charge on any atom is 0.241 e. The quantitative estimate of drug-likeness (QED) is 0.353. The number of allylic oxidation sites excluding steroid dienone is 1. The highest BCUT2D eigenvalue weighted by molar-refractivity contribution is 6.77. The van der Waals surface area contributed by atoms with E-state index in [1.54, 1.807) is 0 Å². The van der Waals surface area contributed by atoms with Crippen molar-refractivity contribution < 1.29 is 9.53 Å². The number of hydrogen-bond acceptors (Lipinski definition) is 3. The van der Waals surface area contributed by atoms with Gasteiger partial charge in [0.25, 0.3) is 0 Å². The van der Waals surface area contributed by atoms with Gasteiger partial charge in [-0.25, -0.2) is 0 Å². The number of benzene rings is 1. The Morgan fingerprint density at radius 3 is 2.63 bits per heavy atom. The topological polar surface area (TPSA) is 41.6 Å². The molecule has 0 unspecified atom stereocenters. The third-order valence-corrected chi connectivity index (χ3v) is 8.45. The molecule has 1 saturated heterocycles. The Hall–Kier alpha value is -1.43. The lowest BCUT2D eigenvalue weighted by Gasteiger charge is -2.31. The zero-order valence-electron chi connectivity index (χ0n) is 17.5. The fourth-order valence-electron chi connectivity index (χ4n) is 3.81. The molecule has 1 N–H and O–H groups in total. The Labute approximate surface area is 166 Å². The zero-order chi connectivity index (χ0) is 19.9. The van der Waals surface area contributed by atoms with Gasteiger partial charge in [0.15, 0.2) is 0 Å². The van der Waals surface area contributed by atoms with Gasteiger partial charge < -0.3 is 9.64 Å². The molecule has 0 aromatic heterocycles. The molecule has 1 aliphatic rings. The Bertz CT molecular complexity index is 616. The third-order valence-electron chi connectivity index (χ3n) is 5.35. The minimum absolute atomic E-state index is 0.159. The molecule has 0 saturated carbocycles. The van der Waals surface area contributed by atoms with Gasteiger partial charge in [-0.2, -0.15) is 0 Å². The summed E-state index contributed by atoms with van der Waals surface area (Å²) in [4.78, 5) is 14.8. The van der Waals surface area contributed by atoms with Crippen LogP contribution in [-0.2, 0) is 16.0 Å². The maximum absolute atomic E-state index is 12.9. The van der Waals surface area contributed by atoms with E-state index in [1.165, 1.54) is 11.6 Å². The lowest BCUT2D eigenvalue weighted by molar-refractivity contribution is -0.132. The van der Waals surface area contributed by atoms with Gasteiger partial charge in [0.05, 0.1) is 26.4 Å². The molecule has 1 atom stereocenters. The Morgan fingerprint density at radius 1 is 1.26 bits per heavy atom. The highest BCUT2D eigenvalue weighted by Gasteiger charge is 2.43. The molecule has 4 nitrogen and oxygen atoms in total. The summed E-state index contributed by atoms with van der Waals surface area (Å²) in [7, 11) is -1.14. The molecule has 0 radical (unpaired) electrons. The van der Waals surface area contributed by atoms with Gasteiger partial charge >= 0.3 is 0 Å². The van der Waals surface area contributed by atoms with Gasteiger partial charge in [-0.1, -0.05) is 55.5 Å². The molecule has 1 aromatic carbocycles. The van der Waals surface area contributed by atoms with Gasteiger partial charge in [0.2, 0.25) is 5.91 Å². The van der Waals surface area contributed by atoms with Crippen LogP contribution in [0.1, 0.15) is 25.8 Å². The van der Waals surface area contributed by atoms with Gasteiger partial charge in [0.1, 0.15) is 0 Å². The summed E-state index contributed by atoms with van der Waals surface area (Å²) in [5, 5.41) is 3.48. The monoisotopic (exact) mass is 388 g/mol. The normalized spacial score (nSPS) is 19.5. The first-order valence-corrected chi connectivity index (χ1v) is 13.5. The molecule has 1 aromatic rings. The van der Waals surface area contributed by atoms with E-state index < -0.39 is 8.07 Å². The van der Waals surface area contributed by atoms with Gasteiger partial charge in [-0.05, 0) is 38.3 Å². The molecule has 150 valence electrons. The fourth-order valence-corrected chi connectivity index (χ4v) is 5.90. The van der Waals surface area contributed by atoms with Crippen LogP contribution < -0.4 is 5.32 Å². The lowest BCUT2D eigenvalue weighted by Crippen LogP contribution is -2.48. The van der Waals surface area contributed by atoms with Crippen LogP contribution in [0.2, 0.25) is 25.2 Å². The van der Waals surface area contributed by atoms with Crippen LogP contribution in [0.3, 0.4) is 0 Å². The molecule has 1 aliphatic heterocycles. The number of ether oxygens (including phenoxy) is 1. The van der Waals surface area contributed by atoms with Gasteiger partial charge in [0, 0.05) is 13.2 Å². The second kappa shape index (κ2) is 9.67. The average Bonchev–Trinajstić information content (AvgIpc) is 2.81. The standard InChI is InChI=1S/C22H36N2O2Si/c1-6-16-27(4,5)17-10-14-26-15-13-24-21(25)20(23-22(24,2)3)18-19-11-8-7-9-12-19/h6-9,11-12,20,23H,1,10,13-18H2,2-5H3/t20-/m1/s1. The van der Waals surface area contributed by atoms with Crippen LogP contribution in [-0.4, -0.2) is 50.3 Å². The summed E-state index contributed by atoms with van der Waals surface area (Å²) in [6.07, 6.45) is 3.87. The van der Waals surface area contributed by atoms with E-state index in [4.69, 9.17) is 4.74 Å². The second-order valence-corrected chi connectivity index (χ2v) is 14.0. The number of hydrogen-bond donors (Lipinski definition) is 1. The van der Waals surface area contributed by atoms with E-state index in [-0.39, 0.29) is 17.6 Å². The van der Waals surface area contributed by atoms with Crippen molar-refractivity contribution in [3.8, 4) is 0 Å². The SMILES string of the molecule is C=CC[Si](C)(C)CCCOCCN1C(=O)[C@@H](Cc2ccccc2)NC1(C)C. The van der Waals surface area contributed by atoms with Crippen LogP contribution in [0.4, 0.5) is 0 Å². The fraction of sp³-hybridized carbons (Fsp3) is 0.591. The Morgan fingerprint density at radius 2 is 1.96 bits per heavy atom.